The summed E-state index contributed by atoms with van der Waals surface area (Å²) in [4.78, 5) is 38.1. The van der Waals surface area contributed by atoms with Crippen molar-refractivity contribution in [3.63, 3.8) is 0 Å². The fraction of sp³-hybridized carbons (Fsp3) is 0.318. The van der Waals surface area contributed by atoms with Gasteiger partial charge in [-0.3, -0.25) is 19.3 Å². The molecule has 3 N–H and O–H groups in total. The van der Waals surface area contributed by atoms with Crippen molar-refractivity contribution >= 4 is 23.3 Å². The highest BCUT2D eigenvalue weighted by Gasteiger charge is 2.26. The predicted molar refractivity (Wildman–Crippen MR) is 110 cm³/mol. The van der Waals surface area contributed by atoms with Gasteiger partial charge in [-0.1, -0.05) is 0 Å². The first-order valence-electron chi connectivity index (χ1n) is 9.56. The summed E-state index contributed by atoms with van der Waals surface area (Å²) in [6.45, 7) is 1.65. The van der Waals surface area contributed by atoms with Crippen molar-refractivity contribution in [2.24, 2.45) is 11.7 Å². The van der Waals surface area contributed by atoms with E-state index < -0.39 is 5.91 Å². The van der Waals surface area contributed by atoms with Crippen molar-refractivity contribution in [2.45, 2.75) is 12.8 Å². The van der Waals surface area contributed by atoms with Gasteiger partial charge in [0.15, 0.2) is 5.78 Å². The highest BCUT2D eigenvalue weighted by atomic mass is 16.5. The molecule has 0 saturated carbocycles. The first kappa shape index (κ1) is 20.5. The van der Waals surface area contributed by atoms with Gasteiger partial charge in [0, 0.05) is 22.7 Å². The Bertz CT molecular complexity index is 870. The molecule has 3 rings (SSSR count). The van der Waals surface area contributed by atoms with Gasteiger partial charge in [0.25, 0.3) is 0 Å². The maximum Gasteiger partial charge on any atom is 0.248 e. The molecule has 0 aromatic heterocycles. The Balaban J connectivity index is 1.46. The van der Waals surface area contributed by atoms with Gasteiger partial charge in [0.05, 0.1) is 13.7 Å². The molecule has 1 saturated heterocycles. The van der Waals surface area contributed by atoms with Crippen LogP contribution in [0.4, 0.5) is 5.69 Å². The first-order chi connectivity index (χ1) is 14.0. The van der Waals surface area contributed by atoms with Crippen molar-refractivity contribution in [1.29, 1.82) is 0 Å². The number of benzene rings is 2. The number of anilines is 1. The number of primary amides is 1. The molecule has 1 aliphatic heterocycles. The summed E-state index contributed by atoms with van der Waals surface area (Å²) in [6, 6.07) is 13.6. The first-order valence-corrected chi connectivity index (χ1v) is 9.56. The molecule has 152 valence electrons. The van der Waals surface area contributed by atoms with Crippen LogP contribution in [0.15, 0.2) is 48.5 Å². The van der Waals surface area contributed by atoms with E-state index >= 15 is 0 Å². The third-order valence-corrected chi connectivity index (χ3v) is 5.15. The third-order valence-electron chi connectivity index (χ3n) is 5.15. The zero-order valence-electron chi connectivity index (χ0n) is 16.4. The quantitative estimate of drug-likeness (QED) is 0.701. The second kappa shape index (κ2) is 9.34. The second-order valence-electron chi connectivity index (χ2n) is 7.13. The number of rotatable bonds is 7. The van der Waals surface area contributed by atoms with Crippen LogP contribution in [0.25, 0.3) is 0 Å². The molecule has 2 aromatic carbocycles. The average Bonchev–Trinajstić information content (AvgIpc) is 2.74. The Morgan fingerprint density at radius 1 is 1.00 bits per heavy atom. The number of ether oxygens (including phenoxy) is 1. The number of amides is 2. The average molecular weight is 395 g/mol. The van der Waals surface area contributed by atoms with Crippen LogP contribution in [0, 0.1) is 5.92 Å². The van der Waals surface area contributed by atoms with Crippen LogP contribution in [0.1, 0.15) is 33.6 Å². The number of Topliss-reactive ketones (excluding diaryl/α,β-unsaturated/α-hetero) is 1. The van der Waals surface area contributed by atoms with E-state index in [4.69, 9.17) is 10.5 Å². The maximum atomic E-state index is 12.7. The Morgan fingerprint density at radius 2 is 1.59 bits per heavy atom. The third kappa shape index (κ3) is 5.42. The number of nitrogens with one attached hydrogen (secondary N) is 1. The summed E-state index contributed by atoms with van der Waals surface area (Å²) in [6.07, 6.45) is 1.46. The molecule has 1 aliphatic rings. The van der Waals surface area contributed by atoms with Gasteiger partial charge in [0.2, 0.25) is 11.8 Å². The molecule has 0 aliphatic carbocycles. The number of ketones is 1. The van der Waals surface area contributed by atoms with Crippen molar-refractivity contribution in [3.8, 4) is 5.75 Å². The molecule has 2 amide bonds. The number of hydrogen-bond acceptors (Lipinski definition) is 5. The van der Waals surface area contributed by atoms with E-state index in [0.717, 1.165) is 18.6 Å². The number of piperidine rings is 1. The summed E-state index contributed by atoms with van der Waals surface area (Å²) < 4.78 is 5.13. The van der Waals surface area contributed by atoms with Crippen LogP contribution in [0.3, 0.4) is 0 Å². The molecule has 0 spiro atoms. The molecule has 1 fully saturated rings. The van der Waals surface area contributed by atoms with E-state index in [9.17, 15) is 14.4 Å². The van der Waals surface area contributed by atoms with E-state index in [0.29, 0.717) is 29.9 Å². The number of carbonyl (C=O) groups is 3. The SMILES string of the molecule is COc1ccc(C(=O)C2CCN(CC(=O)Nc3ccc(C(N)=O)cc3)CC2)cc1. The number of methoxy groups -OCH3 is 1. The Morgan fingerprint density at radius 3 is 2.14 bits per heavy atom. The lowest BCUT2D eigenvalue weighted by molar-refractivity contribution is -0.117. The lowest BCUT2D eigenvalue weighted by atomic mass is 9.89. The van der Waals surface area contributed by atoms with Gasteiger partial charge in [-0.2, -0.15) is 0 Å². The molecule has 0 bridgehead atoms. The predicted octanol–water partition coefficient (Wildman–Crippen LogP) is 2.33. The Hall–Kier alpha value is -3.19. The fourth-order valence-electron chi connectivity index (χ4n) is 3.47. The van der Waals surface area contributed by atoms with Crippen LogP contribution in [0.5, 0.6) is 5.75 Å². The standard InChI is InChI=1S/C22H25N3O4/c1-29-19-8-4-15(5-9-19)21(27)16-10-12-25(13-11-16)14-20(26)24-18-6-2-17(3-7-18)22(23)28/h2-9,16H,10-14H2,1H3,(H2,23,28)(H,24,26). The summed E-state index contributed by atoms with van der Waals surface area (Å²) in [7, 11) is 1.60. The van der Waals surface area contributed by atoms with E-state index in [1.807, 2.05) is 4.90 Å². The van der Waals surface area contributed by atoms with E-state index in [-0.39, 0.29) is 24.2 Å². The zero-order valence-corrected chi connectivity index (χ0v) is 16.4. The van der Waals surface area contributed by atoms with E-state index in [1.54, 1.807) is 55.6 Å². The molecule has 0 unspecified atom stereocenters. The van der Waals surface area contributed by atoms with Crippen LogP contribution >= 0.6 is 0 Å². The van der Waals surface area contributed by atoms with Gasteiger partial charge in [-0.05, 0) is 74.5 Å². The minimum absolute atomic E-state index is 0.0240. The van der Waals surface area contributed by atoms with Crippen LogP contribution in [-0.4, -0.2) is 49.2 Å². The molecule has 7 nitrogen and oxygen atoms in total. The number of nitrogens with two attached hydrogens (primary N) is 1. The molecular weight excluding hydrogens is 370 g/mol. The number of hydrogen-bond donors (Lipinski definition) is 2. The fourth-order valence-corrected chi connectivity index (χ4v) is 3.47. The largest absolute Gasteiger partial charge is 0.497 e. The minimum atomic E-state index is -0.505. The molecule has 2 aromatic rings. The lowest BCUT2D eigenvalue weighted by Gasteiger charge is -2.30. The minimum Gasteiger partial charge on any atom is -0.497 e. The number of carbonyl (C=O) groups excluding carboxylic acids is 3. The zero-order chi connectivity index (χ0) is 20.8. The molecule has 29 heavy (non-hydrogen) atoms. The molecule has 7 heteroatoms. The second-order valence-corrected chi connectivity index (χ2v) is 7.13. The van der Waals surface area contributed by atoms with Crippen LogP contribution in [-0.2, 0) is 4.79 Å². The van der Waals surface area contributed by atoms with Gasteiger partial charge in [-0.15, -0.1) is 0 Å². The normalized spacial score (nSPS) is 14.9. The topological polar surface area (TPSA) is 102 Å². The summed E-state index contributed by atoms with van der Waals surface area (Å²) in [5.74, 6) is 0.216. The molecule has 1 heterocycles. The molecule has 0 atom stereocenters. The Labute approximate surface area is 169 Å². The Kier molecular flexibility index (Phi) is 6.61. The van der Waals surface area contributed by atoms with Gasteiger partial charge in [0.1, 0.15) is 5.75 Å². The highest BCUT2D eigenvalue weighted by molar-refractivity contribution is 5.98. The number of likely N-dealkylation sites (tertiary alicyclic amines) is 1. The van der Waals surface area contributed by atoms with Crippen LogP contribution < -0.4 is 15.8 Å². The summed E-state index contributed by atoms with van der Waals surface area (Å²) >= 11 is 0. The van der Waals surface area contributed by atoms with Crippen molar-refractivity contribution in [1.82, 2.24) is 4.90 Å². The lowest BCUT2D eigenvalue weighted by Crippen LogP contribution is -2.40. The molecular formula is C22H25N3O4. The molecule has 0 radical (unpaired) electrons. The smallest absolute Gasteiger partial charge is 0.248 e. The highest BCUT2D eigenvalue weighted by Crippen LogP contribution is 2.23. The van der Waals surface area contributed by atoms with Crippen molar-refractivity contribution in [2.75, 3.05) is 32.1 Å². The summed E-state index contributed by atoms with van der Waals surface area (Å²) in [5.41, 5.74) is 6.91. The van der Waals surface area contributed by atoms with Crippen molar-refractivity contribution in [3.05, 3.63) is 59.7 Å². The van der Waals surface area contributed by atoms with E-state index in [2.05, 4.69) is 5.32 Å². The van der Waals surface area contributed by atoms with Gasteiger partial charge < -0.3 is 15.8 Å². The summed E-state index contributed by atoms with van der Waals surface area (Å²) in [5, 5.41) is 2.81. The van der Waals surface area contributed by atoms with Crippen LogP contribution in [0.2, 0.25) is 0 Å². The monoisotopic (exact) mass is 395 g/mol. The van der Waals surface area contributed by atoms with E-state index in [1.165, 1.54) is 0 Å². The van der Waals surface area contributed by atoms with Gasteiger partial charge in [-0.25, -0.2) is 0 Å². The number of nitrogens with zero attached hydrogens (tertiary/aromatic N) is 1. The van der Waals surface area contributed by atoms with Gasteiger partial charge >= 0.3 is 0 Å². The maximum absolute atomic E-state index is 12.7. The van der Waals surface area contributed by atoms with Crippen molar-refractivity contribution < 1.29 is 19.1 Å².